The fourth-order valence-electron chi connectivity index (χ4n) is 2.34. The van der Waals surface area contributed by atoms with Crippen molar-refractivity contribution in [3.05, 3.63) is 59.5 Å². The van der Waals surface area contributed by atoms with Crippen LogP contribution < -0.4 is 10.6 Å². The van der Waals surface area contributed by atoms with E-state index in [1.54, 1.807) is 25.1 Å². The smallest absolute Gasteiger partial charge is 0.416 e. The van der Waals surface area contributed by atoms with Crippen LogP contribution in [0.3, 0.4) is 0 Å². The molecule has 8 heteroatoms. The molecule has 1 heterocycles. The maximum absolute atomic E-state index is 12.9. The lowest BCUT2D eigenvalue weighted by Crippen LogP contribution is -2.39. The van der Waals surface area contributed by atoms with Crippen molar-refractivity contribution in [1.29, 1.82) is 0 Å². The number of hydrogen-bond acceptors (Lipinski definition) is 3. The molecule has 0 aliphatic rings. The van der Waals surface area contributed by atoms with Gasteiger partial charge in [-0.3, -0.25) is 4.99 Å². The second-order valence-electron chi connectivity index (χ2n) is 5.74. The summed E-state index contributed by atoms with van der Waals surface area (Å²) in [4.78, 5) is 4.27. The number of rotatable bonds is 6. The van der Waals surface area contributed by atoms with Crippen molar-refractivity contribution in [1.82, 2.24) is 10.6 Å². The molecule has 2 unspecified atom stereocenters. The van der Waals surface area contributed by atoms with E-state index in [4.69, 9.17) is 4.42 Å². The number of nitrogens with one attached hydrogen (secondary N) is 2. The van der Waals surface area contributed by atoms with Gasteiger partial charge in [0.15, 0.2) is 5.96 Å². The minimum Gasteiger partial charge on any atom is -0.467 e. The quantitative estimate of drug-likeness (QED) is 0.537. The Bertz CT molecular complexity index is 715. The fourth-order valence-corrected chi connectivity index (χ4v) is 2.34. The molecular formula is C18H22F3N3O2. The van der Waals surface area contributed by atoms with Gasteiger partial charge in [0.2, 0.25) is 0 Å². The molecule has 2 atom stereocenters. The van der Waals surface area contributed by atoms with Crippen molar-refractivity contribution in [2.75, 3.05) is 13.1 Å². The zero-order valence-electron chi connectivity index (χ0n) is 14.5. The molecule has 0 aliphatic carbocycles. The van der Waals surface area contributed by atoms with Gasteiger partial charge in [-0.15, -0.1) is 0 Å². The number of halogens is 3. The SMILES string of the molecule is CCNC(=NCC(O)c1ccco1)NC(C)c1cccc(C(F)(F)F)c1. The first kappa shape index (κ1) is 19.8. The average molecular weight is 369 g/mol. The van der Waals surface area contributed by atoms with Crippen molar-refractivity contribution >= 4 is 5.96 Å². The highest BCUT2D eigenvalue weighted by Crippen LogP contribution is 2.30. The summed E-state index contributed by atoms with van der Waals surface area (Å²) in [5.74, 6) is 0.790. The van der Waals surface area contributed by atoms with Gasteiger partial charge in [0.1, 0.15) is 11.9 Å². The van der Waals surface area contributed by atoms with Gasteiger partial charge in [-0.2, -0.15) is 13.2 Å². The average Bonchev–Trinajstić information content (AvgIpc) is 3.13. The van der Waals surface area contributed by atoms with E-state index in [0.29, 0.717) is 23.8 Å². The van der Waals surface area contributed by atoms with Crippen LogP contribution in [0.2, 0.25) is 0 Å². The van der Waals surface area contributed by atoms with Gasteiger partial charge in [-0.1, -0.05) is 12.1 Å². The number of aliphatic hydroxyl groups is 1. The molecule has 26 heavy (non-hydrogen) atoms. The number of aliphatic hydroxyl groups excluding tert-OH is 1. The van der Waals surface area contributed by atoms with Crippen molar-refractivity contribution < 1.29 is 22.7 Å². The zero-order valence-corrected chi connectivity index (χ0v) is 14.5. The van der Waals surface area contributed by atoms with Crippen molar-refractivity contribution in [3.8, 4) is 0 Å². The van der Waals surface area contributed by atoms with Gasteiger partial charge in [0.25, 0.3) is 0 Å². The normalized spacial score (nSPS) is 14.8. The highest BCUT2D eigenvalue weighted by atomic mass is 19.4. The summed E-state index contributed by atoms with van der Waals surface area (Å²) in [5, 5.41) is 16.1. The number of furan rings is 1. The minimum absolute atomic E-state index is 0.0537. The number of nitrogens with zero attached hydrogens (tertiary/aromatic N) is 1. The lowest BCUT2D eigenvalue weighted by Gasteiger charge is -2.19. The van der Waals surface area contributed by atoms with Crippen LogP contribution in [0.15, 0.2) is 52.1 Å². The van der Waals surface area contributed by atoms with Gasteiger partial charge in [0, 0.05) is 6.54 Å². The third-order valence-electron chi connectivity index (χ3n) is 3.71. The lowest BCUT2D eigenvalue weighted by atomic mass is 10.1. The number of alkyl halides is 3. The molecule has 0 saturated heterocycles. The predicted octanol–water partition coefficient (Wildman–Crippen LogP) is 3.65. The number of aliphatic imine (C=N–C) groups is 1. The van der Waals surface area contributed by atoms with Crippen LogP contribution in [0.4, 0.5) is 13.2 Å². The van der Waals surface area contributed by atoms with E-state index in [9.17, 15) is 18.3 Å². The van der Waals surface area contributed by atoms with Crippen molar-refractivity contribution in [2.45, 2.75) is 32.2 Å². The molecule has 1 aromatic heterocycles. The maximum Gasteiger partial charge on any atom is 0.416 e. The molecular weight excluding hydrogens is 347 g/mol. The second-order valence-corrected chi connectivity index (χ2v) is 5.74. The number of guanidine groups is 1. The summed E-state index contributed by atoms with van der Waals surface area (Å²) in [6.45, 7) is 4.23. The molecule has 142 valence electrons. The van der Waals surface area contributed by atoms with Gasteiger partial charge >= 0.3 is 6.18 Å². The van der Waals surface area contributed by atoms with Gasteiger partial charge in [-0.25, -0.2) is 0 Å². The zero-order chi connectivity index (χ0) is 19.2. The molecule has 0 bridgehead atoms. The lowest BCUT2D eigenvalue weighted by molar-refractivity contribution is -0.137. The van der Waals surface area contributed by atoms with E-state index >= 15 is 0 Å². The van der Waals surface area contributed by atoms with Crippen LogP contribution in [0.5, 0.6) is 0 Å². The first-order valence-corrected chi connectivity index (χ1v) is 8.24. The Labute approximate surface area is 149 Å². The minimum atomic E-state index is -4.39. The summed E-state index contributed by atoms with van der Waals surface area (Å²) in [7, 11) is 0. The number of benzene rings is 1. The molecule has 5 nitrogen and oxygen atoms in total. The third kappa shape index (κ3) is 5.52. The van der Waals surface area contributed by atoms with Crippen LogP contribution in [0.1, 0.15) is 42.9 Å². The van der Waals surface area contributed by atoms with E-state index in [-0.39, 0.29) is 6.54 Å². The summed E-state index contributed by atoms with van der Waals surface area (Å²) in [5.41, 5.74) is -0.212. The predicted molar refractivity (Wildman–Crippen MR) is 92.6 cm³/mol. The Balaban J connectivity index is 2.07. The molecule has 0 aliphatic heterocycles. The van der Waals surface area contributed by atoms with Crippen LogP contribution in [-0.2, 0) is 6.18 Å². The summed E-state index contributed by atoms with van der Waals surface area (Å²) < 4.78 is 43.7. The molecule has 1 aromatic carbocycles. The topological polar surface area (TPSA) is 69.8 Å². The highest BCUT2D eigenvalue weighted by Gasteiger charge is 2.30. The molecule has 0 fully saturated rings. The molecule has 2 rings (SSSR count). The van der Waals surface area contributed by atoms with Crippen molar-refractivity contribution in [2.24, 2.45) is 4.99 Å². The Morgan fingerprint density at radius 1 is 1.27 bits per heavy atom. The second kappa shape index (κ2) is 8.75. The van der Waals surface area contributed by atoms with Crippen LogP contribution in [-0.4, -0.2) is 24.2 Å². The van der Waals surface area contributed by atoms with Gasteiger partial charge in [0.05, 0.1) is 24.4 Å². The number of hydrogen-bond donors (Lipinski definition) is 3. The van der Waals surface area contributed by atoms with Crippen LogP contribution >= 0.6 is 0 Å². The molecule has 0 saturated carbocycles. The first-order valence-electron chi connectivity index (χ1n) is 8.24. The van der Waals surface area contributed by atoms with Gasteiger partial charge in [-0.05, 0) is 43.7 Å². The van der Waals surface area contributed by atoms with Gasteiger partial charge < -0.3 is 20.2 Å². The molecule has 3 N–H and O–H groups in total. The van der Waals surface area contributed by atoms with E-state index in [1.165, 1.54) is 12.3 Å². The standard InChI is InChI=1S/C18H22F3N3O2/c1-3-22-17(23-11-15(25)16-8-5-9-26-16)24-12(2)13-6-4-7-14(10-13)18(19,20)21/h4-10,12,15,25H,3,11H2,1-2H3,(H2,22,23,24). The largest absolute Gasteiger partial charge is 0.467 e. The summed E-state index contributed by atoms with van der Waals surface area (Å²) >= 11 is 0. The van der Waals surface area contributed by atoms with Crippen molar-refractivity contribution in [3.63, 3.8) is 0 Å². The van der Waals surface area contributed by atoms with Crippen LogP contribution in [0, 0.1) is 0 Å². The molecule has 0 radical (unpaired) electrons. The van der Waals surface area contributed by atoms with E-state index in [0.717, 1.165) is 12.1 Å². The summed E-state index contributed by atoms with van der Waals surface area (Å²) in [6, 6.07) is 8.05. The van der Waals surface area contributed by atoms with Crippen LogP contribution in [0.25, 0.3) is 0 Å². The highest BCUT2D eigenvalue weighted by molar-refractivity contribution is 5.80. The van der Waals surface area contributed by atoms with E-state index in [2.05, 4.69) is 15.6 Å². The Morgan fingerprint density at radius 3 is 2.65 bits per heavy atom. The molecule has 0 amide bonds. The fraction of sp³-hybridized carbons (Fsp3) is 0.389. The van der Waals surface area contributed by atoms with E-state index in [1.807, 2.05) is 6.92 Å². The Kier molecular flexibility index (Phi) is 6.68. The maximum atomic E-state index is 12.9. The first-order chi connectivity index (χ1) is 12.3. The Hall–Kier alpha value is -2.48. The molecule has 0 spiro atoms. The molecule has 2 aromatic rings. The van der Waals surface area contributed by atoms with E-state index < -0.39 is 23.9 Å². The third-order valence-corrected chi connectivity index (χ3v) is 3.71. The summed E-state index contributed by atoms with van der Waals surface area (Å²) in [6.07, 6.45) is -3.83. The Morgan fingerprint density at radius 2 is 2.04 bits per heavy atom. The monoisotopic (exact) mass is 369 g/mol.